The van der Waals surface area contributed by atoms with Crippen molar-refractivity contribution < 1.29 is 14.4 Å². The number of carbonyl (C=O) groups is 3. The van der Waals surface area contributed by atoms with E-state index in [0.29, 0.717) is 23.3 Å². The maximum atomic E-state index is 11.8. The molecule has 2 heterocycles. The van der Waals surface area contributed by atoms with Gasteiger partial charge >= 0.3 is 6.03 Å². The molecule has 0 radical (unpaired) electrons. The quantitative estimate of drug-likeness (QED) is 0.838. The predicted molar refractivity (Wildman–Crippen MR) is 72.6 cm³/mol. The Balaban J connectivity index is 2.03. The first kappa shape index (κ1) is 12.3. The van der Waals surface area contributed by atoms with Gasteiger partial charge in [-0.05, 0) is 12.1 Å². The molecule has 1 aromatic carbocycles. The summed E-state index contributed by atoms with van der Waals surface area (Å²) in [4.78, 5) is 39.6. The molecule has 0 aliphatic carbocycles. The van der Waals surface area contributed by atoms with E-state index in [1.807, 2.05) is 6.07 Å². The van der Waals surface area contributed by atoms with Gasteiger partial charge in [0.25, 0.3) is 0 Å². The van der Waals surface area contributed by atoms with Crippen LogP contribution >= 0.6 is 0 Å². The number of imide groups is 1. The van der Waals surface area contributed by atoms with Crippen LogP contribution in [0.25, 0.3) is 10.9 Å². The lowest BCUT2D eigenvalue weighted by Crippen LogP contribution is -2.49. The molecule has 100 valence electrons. The van der Waals surface area contributed by atoms with Crippen molar-refractivity contribution in [3.05, 3.63) is 36.0 Å². The van der Waals surface area contributed by atoms with E-state index in [9.17, 15) is 14.4 Å². The Morgan fingerprint density at radius 2 is 2.15 bits per heavy atom. The molecule has 3 amide bonds. The monoisotopic (exact) mass is 269 g/mol. The fraction of sp³-hybridized carbons (Fsp3) is 0.143. The third-order valence-electron chi connectivity index (χ3n) is 3.22. The fourth-order valence-electron chi connectivity index (χ4n) is 2.23. The first-order chi connectivity index (χ1) is 9.69. The fourth-order valence-corrected chi connectivity index (χ4v) is 2.23. The molecule has 0 spiro atoms. The molecule has 0 unspecified atom stereocenters. The number of urea groups is 1. The maximum absolute atomic E-state index is 11.8. The van der Waals surface area contributed by atoms with Gasteiger partial charge in [-0.2, -0.15) is 0 Å². The molecular weight excluding hydrogens is 258 g/mol. The summed E-state index contributed by atoms with van der Waals surface area (Å²) < 4.78 is 0. The SMILES string of the molecule is O=Cc1cccc2cc(N3CCC(=O)NC3=O)cnc12. The number of fused-ring (bicyclic) bond motifs is 1. The summed E-state index contributed by atoms with van der Waals surface area (Å²) in [5, 5.41) is 3.04. The van der Waals surface area contributed by atoms with Gasteiger partial charge in [-0.25, -0.2) is 4.79 Å². The van der Waals surface area contributed by atoms with Crippen LogP contribution in [0.3, 0.4) is 0 Å². The zero-order valence-electron chi connectivity index (χ0n) is 10.5. The third-order valence-corrected chi connectivity index (χ3v) is 3.22. The smallest absolute Gasteiger partial charge is 0.298 e. The molecule has 2 aromatic rings. The van der Waals surface area contributed by atoms with Gasteiger partial charge in [0.1, 0.15) is 0 Å². The molecule has 1 aliphatic heterocycles. The number of para-hydroxylation sites is 1. The lowest BCUT2D eigenvalue weighted by atomic mass is 10.1. The number of aldehydes is 1. The van der Waals surface area contributed by atoms with Gasteiger partial charge in [0.15, 0.2) is 6.29 Å². The summed E-state index contributed by atoms with van der Waals surface area (Å²) in [6.07, 6.45) is 2.55. The Morgan fingerprint density at radius 1 is 1.30 bits per heavy atom. The molecule has 1 aromatic heterocycles. The number of pyridine rings is 1. The average molecular weight is 269 g/mol. The summed E-state index contributed by atoms with van der Waals surface area (Å²) in [7, 11) is 0. The van der Waals surface area contributed by atoms with E-state index < -0.39 is 6.03 Å². The van der Waals surface area contributed by atoms with E-state index in [0.717, 1.165) is 11.7 Å². The van der Waals surface area contributed by atoms with E-state index in [-0.39, 0.29) is 12.3 Å². The van der Waals surface area contributed by atoms with Crippen molar-refractivity contribution in [2.45, 2.75) is 6.42 Å². The highest BCUT2D eigenvalue weighted by Gasteiger charge is 2.24. The zero-order chi connectivity index (χ0) is 14.1. The molecular formula is C14H11N3O3. The summed E-state index contributed by atoms with van der Waals surface area (Å²) in [5.41, 5.74) is 1.71. The molecule has 0 saturated carbocycles. The van der Waals surface area contributed by atoms with Gasteiger partial charge in [-0.3, -0.25) is 24.8 Å². The first-order valence-electron chi connectivity index (χ1n) is 6.14. The summed E-state index contributed by atoms with van der Waals surface area (Å²) >= 11 is 0. The summed E-state index contributed by atoms with van der Waals surface area (Å²) in [6, 6.07) is 6.61. The normalized spacial score (nSPS) is 15.3. The number of aromatic nitrogens is 1. The highest BCUT2D eigenvalue weighted by atomic mass is 16.2. The number of amides is 3. The first-order valence-corrected chi connectivity index (χ1v) is 6.14. The second-order valence-corrected chi connectivity index (χ2v) is 4.49. The van der Waals surface area contributed by atoms with Crippen molar-refractivity contribution in [1.29, 1.82) is 0 Å². The number of nitrogens with zero attached hydrogens (tertiary/aromatic N) is 2. The van der Waals surface area contributed by atoms with Crippen LogP contribution in [-0.4, -0.2) is 29.8 Å². The van der Waals surface area contributed by atoms with Crippen LogP contribution in [-0.2, 0) is 4.79 Å². The summed E-state index contributed by atoms with van der Waals surface area (Å²) in [5.74, 6) is -0.275. The molecule has 0 bridgehead atoms. The van der Waals surface area contributed by atoms with Crippen molar-refractivity contribution in [3.63, 3.8) is 0 Å². The van der Waals surface area contributed by atoms with E-state index >= 15 is 0 Å². The van der Waals surface area contributed by atoms with E-state index in [2.05, 4.69) is 10.3 Å². The number of anilines is 1. The minimum Gasteiger partial charge on any atom is -0.298 e. The van der Waals surface area contributed by atoms with Crippen molar-refractivity contribution in [1.82, 2.24) is 10.3 Å². The highest BCUT2D eigenvalue weighted by molar-refractivity contribution is 6.06. The third kappa shape index (κ3) is 2.01. The number of benzene rings is 1. The van der Waals surface area contributed by atoms with E-state index in [4.69, 9.17) is 0 Å². The number of rotatable bonds is 2. The van der Waals surface area contributed by atoms with Crippen molar-refractivity contribution in [2.24, 2.45) is 0 Å². The van der Waals surface area contributed by atoms with Crippen LogP contribution in [0.5, 0.6) is 0 Å². The van der Waals surface area contributed by atoms with E-state index in [1.165, 1.54) is 11.1 Å². The second-order valence-electron chi connectivity index (χ2n) is 4.49. The standard InChI is InChI=1S/C14H11N3O3/c18-8-10-3-1-2-9-6-11(7-15-13(9)10)17-5-4-12(19)16-14(17)20/h1-3,6-8H,4-5H2,(H,16,19,20). The van der Waals surface area contributed by atoms with Crippen molar-refractivity contribution >= 4 is 34.8 Å². The Labute approximate surface area is 114 Å². The molecule has 6 heteroatoms. The van der Waals surface area contributed by atoms with Crippen LogP contribution in [0.4, 0.5) is 10.5 Å². The Hall–Kier alpha value is -2.76. The van der Waals surface area contributed by atoms with Gasteiger partial charge in [-0.1, -0.05) is 12.1 Å². The lowest BCUT2D eigenvalue weighted by molar-refractivity contribution is -0.120. The predicted octanol–water partition coefficient (Wildman–Crippen LogP) is 1.49. The molecule has 1 aliphatic rings. The molecule has 1 saturated heterocycles. The van der Waals surface area contributed by atoms with Crippen LogP contribution < -0.4 is 10.2 Å². The largest absolute Gasteiger partial charge is 0.328 e. The van der Waals surface area contributed by atoms with Gasteiger partial charge < -0.3 is 0 Å². The minimum atomic E-state index is -0.450. The molecule has 1 fully saturated rings. The van der Waals surface area contributed by atoms with Crippen LogP contribution in [0, 0.1) is 0 Å². The van der Waals surface area contributed by atoms with Crippen LogP contribution in [0.2, 0.25) is 0 Å². The minimum absolute atomic E-state index is 0.262. The second kappa shape index (κ2) is 4.73. The molecule has 3 rings (SSSR count). The number of nitrogens with one attached hydrogen (secondary N) is 1. The summed E-state index contributed by atoms with van der Waals surface area (Å²) in [6.45, 7) is 0.325. The molecule has 20 heavy (non-hydrogen) atoms. The lowest BCUT2D eigenvalue weighted by Gasteiger charge is -2.26. The topological polar surface area (TPSA) is 79.4 Å². The number of carbonyl (C=O) groups excluding carboxylic acids is 3. The van der Waals surface area contributed by atoms with Crippen molar-refractivity contribution in [2.75, 3.05) is 11.4 Å². The Bertz CT molecular complexity index is 727. The van der Waals surface area contributed by atoms with Gasteiger partial charge in [0, 0.05) is 23.9 Å². The molecule has 0 atom stereocenters. The van der Waals surface area contributed by atoms with Gasteiger partial charge in [-0.15, -0.1) is 0 Å². The Morgan fingerprint density at radius 3 is 2.90 bits per heavy atom. The van der Waals surface area contributed by atoms with Crippen molar-refractivity contribution in [3.8, 4) is 0 Å². The molecule has 6 nitrogen and oxygen atoms in total. The average Bonchev–Trinajstić information content (AvgIpc) is 2.46. The van der Waals surface area contributed by atoms with Crippen LogP contribution in [0.15, 0.2) is 30.5 Å². The maximum Gasteiger partial charge on any atom is 0.328 e. The van der Waals surface area contributed by atoms with E-state index in [1.54, 1.807) is 18.2 Å². The molecule has 1 N–H and O–H groups in total. The van der Waals surface area contributed by atoms with Gasteiger partial charge in [0.2, 0.25) is 5.91 Å². The van der Waals surface area contributed by atoms with Gasteiger partial charge in [0.05, 0.1) is 17.4 Å². The number of hydrogen-bond acceptors (Lipinski definition) is 4. The Kier molecular flexibility index (Phi) is 2.90. The zero-order valence-corrected chi connectivity index (χ0v) is 10.5. The highest BCUT2D eigenvalue weighted by Crippen LogP contribution is 2.23. The van der Waals surface area contributed by atoms with Crippen LogP contribution in [0.1, 0.15) is 16.8 Å². The number of hydrogen-bond donors (Lipinski definition) is 1.